The van der Waals surface area contributed by atoms with Gasteiger partial charge in [0, 0.05) is 6.54 Å². The van der Waals surface area contributed by atoms with Crippen LogP contribution in [0.4, 0.5) is 0 Å². The van der Waals surface area contributed by atoms with Crippen molar-refractivity contribution >= 4 is 7.82 Å². The summed E-state index contributed by atoms with van der Waals surface area (Å²) < 4.78 is 14.2. The molecule has 6 nitrogen and oxygen atoms in total. The Morgan fingerprint density at radius 2 is 1.22 bits per heavy atom. The van der Waals surface area contributed by atoms with Crippen molar-refractivity contribution < 1.29 is 24.0 Å². The van der Waals surface area contributed by atoms with Crippen molar-refractivity contribution in [2.75, 3.05) is 13.2 Å². The van der Waals surface area contributed by atoms with E-state index < -0.39 is 7.82 Å². The molecule has 0 heterocycles. The second-order valence-corrected chi connectivity index (χ2v) is 7.93. The zero-order chi connectivity index (χ0) is 20.6. The van der Waals surface area contributed by atoms with Crippen LogP contribution in [-0.4, -0.2) is 18.3 Å². The lowest BCUT2D eigenvalue weighted by Crippen LogP contribution is -2.13. The first kappa shape index (κ1) is 28.8. The van der Waals surface area contributed by atoms with Crippen molar-refractivity contribution in [3.63, 3.8) is 0 Å². The molecule has 7 heteroatoms. The highest BCUT2D eigenvalue weighted by atomic mass is 31.2. The number of phosphoric acid groups is 1. The van der Waals surface area contributed by atoms with Crippen LogP contribution in [0.2, 0.25) is 0 Å². The smallest absolute Gasteiger partial charge is 0.113 e. The van der Waals surface area contributed by atoms with Crippen LogP contribution in [0.1, 0.15) is 103 Å². The third-order valence-electron chi connectivity index (χ3n) is 4.14. The molecule has 0 rings (SSSR count). The van der Waals surface area contributed by atoms with Crippen LogP contribution < -0.4 is 15.5 Å². The summed E-state index contributed by atoms with van der Waals surface area (Å²) in [5.41, 5.74) is 4.78. The number of hydrogen-bond acceptors (Lipinski definition) is 6. The fourth-order valence-electron chi connectivity index (χ4n) is 2.64. The van der Waals surface area contributed by atoms with E-state index in [-0.39, 0.29) is 6.61 Å². The van der Waals surface area contributed by atoms with Gasteiger partial charge >= 0.3 is 0 Å². The molecule has 0 saturated heterocycles. The molecular formula is C20H42NO5P-2. The molecule has 0 aromatic heterocycles. The average molecular weight is 408 g/mol. The van der Waals surface area contributed by atoms with E-state index in [1.807, 2.05) is 0 Å². The highest BCUT2D eigenvalue weighted by Gasteiger charge is 1.93. The van der Waals surface area contributed by atoms with Crippen molar-refractivity contribution in [1.29, 1.82) is 0 Å². The van der Waals surface area contributed by atoms with Gasteiger partial charge < -0.3 is 29.7 Å². The Kier molecular flexibility index (Phi) is 25.2. The Balaban J connectivity index is 0. The lowest BCUT2D eigenvalue weighted by atomic mass is 10.0. The largest absolute Gasteiger partial charge is 0.780 e. The molecule has 0 spiro atoms. The Labute approximate surface area is 166 Å². The Morgan fingerprint density at radius 1 is 0.852 bits per heavy atom. The molecule has 3 N–H and O–H groups in total. The van der Waals surface area contributed by atoms with Gasteiger partial charge in [0.25, 0.3) is 0 Å². The standard InChI is InChI=1S/C18H37O4P.C2H7NO/c1-2-3-4-5-6-7-8-9-10-11-12-13-14-15-16-17-18-22-23(19,20)21;3-1-2-4/h17-18H,2-16H2,1H3,(H2,19,20,21);4H,1-3H2/p-2. The summed E-state index contributed by atoms with van der Waals surface area (Å²) in [6.07, 6.45) is 21.8. The summed E-state index contributed by atoms with van der Waals surface area (Å²) in [5, 5.41) is 7.75. The van der Waals surface area contributed by atoms with Gasteiger partial charge in [0.2, 0.25) is 0 Å². The van der Waals surface area contributed by atoms with E-state index in [1.54, 1.807) is 6.08 Å². The zero-order valence-corrected chi connectivity index (χ0v) is 18.2. The number of nitrogens with two attached hydrogens (primary N) is 1. The van der Waals surface area contributed by atoms with E-state index in [1.165, 1.54) is 77.0 Å². The Bertz CT molecular complexity index is 345. The Morgan fingerprint density at radius 3 is 1.56 bits per heavy atom. The number of phosphoric ester groups is 1. The first-order valence-corrected chi connectivity index (χ1v) is 12.1. The number of unbranched alkanes of at least 4 members (excludes halogenated alkanes) is 14. The summed E-state index contributed by atoms with van der Waals surface area (Å²) in [4.78, 5) is 20.4. The van der Waals surface area contributed by atoms with Gasteiger partial charge in [0.05, 0.1) is 12.9 Å². The molecule has 27 heavy (non-hydrogen) atoms. The van der Waals surface area contributed by atoms with Crippen LogP contribution in [0.5, 0.6) is 0 Å². The topological polar surface area (TPSA) is 119 Å². The third-order valence-corrected chi connectivity index (χ3v) is 4.52. The van der Waals surface area contributed by atoms with Gasteiger partial charge in [-0.1, -0.05) is 90.4 Å². The van der Waals surface area contributed by atoms with Gasteiger partial charge in [-0.2, -0.15) is 0 Å². The van der Waals surface area contributed by atoms with Crippen LogP contribution in [0.3, 0.4) is 0 Å². The van der Waals surface area contributed by atoms with E-state index in [0.29, 0.717) is 6.54 Å². The van der Waals surface area contributed by atoms with Crippen LogP contribution in [-0.2, 0) is 9.09 Å². The van der Waals surface area contributed by atoms with Crippen LogP contribution in [0.15, 0.2) is 12.3 Å². The maximum Gasteiger partial charge on any atom is 0.113 e. The summed E-state index contributed by atoms with van der Waals surface area (Å²) in [6.45, 7) is 2.73. The first-order chi connectivity index (χ1) is 13.0. The number of hydrogen-bond donors (Lipinski definition) is 2. The molecule has 164 valence electrons. The molecule has 0 atom stereocenters. The summed E-state index contributed by atoms with van der Waals surface area (Å²) in [6, 6.07) is 0. The minimum atomic E-state index is -4.84. The zero-order valence-electron chi connectivity index (χ0n) is 17.3. The second-order valence-electron chi connectivity index (χ2n) is 6.82. The van der Waals surface area contributed by atoms with Crippen LogP contribution in [0.25, 0.3) is 0 Å². The highest BCUT2D eigenvalue weighted by molar-refractivity contribution is 7.43. The average Bonchev–Trinajstić information content (AvgIpc) is 2.63. The molecule has 0 aromatic carbocycles. The summed E-state index contributed by atoms with van der Waals surface area (Å²) >= 11 is 0. The van der Waals surface area contributed by atoms with E-state index in [2.05, 4.69) is 11.4 Å². The minimum absolute atomic E-state index is 0.0972. The van der Waals surface area contributed by atoms with E-state index in [4.69, 9.17) is 10.8 Å². The molecule has 0 aliphatic carbocycles. The molecular weight excluding hydrogens is 365 g/mol. The summed E-state index contributed by atoms with van der Waals surface area (Å²) in [7, 11) is -4.84. The summed E-state index contributed by atoms with van der Waals surface area (Å²) in [5.74, 6) is 0. The van der Waals surface area contributed by atoms with E-state index in [9.17, 15) is 14.4 Å². The maximum atomic E-state index is 10.2. The fourth-order valence-corrected chi connectivity index (χ4v) is 2.88. The van der Waals surface area contributed by atoms with Crippen LogP contribution in [0, 0.1) is 0 Å². The van der Waals surface area contributed by atoms with Crippen molar-refractivity contribution in [2.24, 2.45) is 5.73 Å². The Hall–Kier alpha value is -0.390. The lowest BCUT2D eigenvalue weighted by molar-refractivity contribution is -0.337. The van der Waals surface area contributed by atoms with Gasteiger partial charge in [0.1, 0.15) is 7.82 Å². The monoisotopic (exact) mass is 407 g/mol. The molecule has 0 bridgehead atoms. The molecule has 0 fully saturated rings. The molecule has 0 radical (unpaired) electrons. The van der Waals surface area contributed by atoms with Crippen molar-refractivity contribution in [3.8, 4) is 0 Å². The molecule has 0 unspecified atom stereocenters. The number of aliphatic hydroxyl groups excluding tert-OH is 1. The molecule has 0 amide bonds. The van der Waals surface area contributed by atoms with Gasteiger partial charge in [0.15, 0.2) is 0 Å². The lowest BCUT2D eigenvalue weighted by Gasteiger charge is -2.26. The number of aliphatic hydroxyl groups is 1. The molecule has 0 aliphatic heterocycles. The SMILES string of the molecule is CCCCCCCCCCCCCCCCC=COP(=O)([O-])[O-].NCCO. The second kappa shape index (κ2) is 23.6. The van der Waals surface area contributed by atoms with Crippen molar-refractivity contribution in [1.82, 2.24) is 0 Å². The van der Waals surface area contributed by atoms with Crippen molar-refractivity contribution in [2.45, 2.75) is 103 Å². The predicted octanol–water partition coefficient (Wildman–Crippen LogP) is 4.15. The predicted molar refractivity (Wildman–Crippen MR) is 109 cm³/mol. The molecule has 0 saturated carbocycles. The quantitative estimate of drug-likeness (QED) is 0.200. The van der Waals surface area contributed by atoms with E-state index in [0.717, 1.165) is 25.5 Å². The fraction of sp³-hybridized carbons (Fsp3) is 0.900. The molecule has 0 aromatic rings. The third kappa shape index (κ3) is 33.6. The van der Waals surface area contributed by atoms with Gasteiger partial charge in [-0.3, -0.25) is 0 Å². The normalized spacial score (nSPS) is 11.4. The van der Waals surface area contributed by atoms with Gasteiger partial charge in [-0.05, 0) is 18.9 Å². The molecule has 0 aliphatic rings. The van der Waals surface area contributed by atoms with E-state index >= 15 is 0 Å². The first-order valence-electron chi connectivity index (χ1n) is 10.6. The van der Waals surface area contributed by atoms with Crippen LogP contribution >= 0.6 is 7.82 Å². The minimum Gasteiger partial charge on any atom is -0.780 e. The maximum absolute atomic E-state index is 10.2. The van der Waals surface area contributed by atoms with Crippen molar-refractivity contribution in [3.05, 3.63) is 12.3 Å². The number of rotatable bonds is 18. The highest BCUT2D eigenvalue weighted by Crippen LogP contribution is 2.24. The van der Waals surface area contributed by atoms with Gasteiger partial charge in [-0.25, -0.2) is 0 Å². The number of allylic oxidation sites excluding steroid dienone is 1. The van der Waals surface area contributed by atoms with Gasteiger partial charge in [-0.15, -0.1) is 0 Å².